The number of carbonyl (C=O) groups is 2. The molecule has 5 aromatic rings. The molecule has 2 aromatic heterocycles. The lowest BCUT2D eigenvalue weighted by molar-refractivity contribution is -0.120. The molecule has 0 radical (unpaired) electrons. The lowest BCUT2D eigenvalue weighted by Gasteiger charge is -2.25. The Morgan fingerprint density at radius 2 is 1.74 bits per heavy atom. The van der Waals surface area contributed by atoms with E-state index in [9.17, 15) is 9.59 Å². The quantitative estimate of drug-likeness (QED) is 0.160. The molecular formula is C40H47N7O6. The van der Waals surface area contributed by atoms with Crippen LogP contribution < -0.4 is 14.8 Å². The van der Waals surface area contributed by atoms with Crippen molar-refractivity contribution in [3.05, 3.63) is 66.4 Å². The van der Waals surface area contributed by atoms with E-state index in [0.29, 0.717) is 67.0 Å². The Kier molecular flexibility index (Phi) is 10.9. The fourth-order valence-corrected chi connectivity index (χ4v) is 6.73. The highest BCUT2D eigenvalue weighted by atomic mass is 16.6. The SMILES string of the molecule is COc1cc2nc(-c3cccc(CC(=O)CN4CCOCC4)c3)nc(Nc3ccc4c(cnn4C(=O)OC(C)(C)C)c3)c2cc1OCCN1CCCC1. The second-order valence-electron chi connectivity index (χ2n) is 14.6. The van der Waals surface area contributed by atoms with Crippen LogP contribution in [0.5, 0.6) is 11.5 Å². The van der Waals surface area contributed by atoms with E-state index in [1.54, 1.807) is 13.3 Å². The number of nitrogens with zero attached hydrogens (tertiary/aromatic N) is 6. The van der Waals surface area contributed by atoms with Crippen LogP contribution in [0.25, 0.3) is 33.2 Å². The molecule has 0 spiro atoms. The Labute approximate surface area is 309 Å². The zero-order valence-electron chi connectivity index (χ0n) is 30.9. The van der Waals surface area contributed by atoms with Gasteiger partial charge in [-0.2, -0.15) is 9.78 Å². The first-order valence-corrected chi connectivity index (χ1v) is 18.3. The molecule has 53 heavy (non-hydrogen) atoms. The highest BCUT2D eigenvalue weighted by Crippen LogP contribution is 2.37. The molecule has 278 valence electrons. The number of morpholine rings is 1. The standard InChI is InChI=1S/C40H47N7O6/c1-40(2,3)53-39(49)47-34-11-10-30(22-29(34)25-41-47)42-38-32-23-36(52-19-16-45-12-5-6-13-45)35(50-4)24-33(32)43-37(44-38)28-9-7-8-27(20-28)21-31(48)26-46-14-17-51-18-15-46/h7-11,20,22-25H,5-6,12-19,21,26H2,1-4H3,(H,42,43,44). The molecule has 2 aliphatic rings. The maximum Gasteiger partial charge on any atom is 0.435 e. The molecule has 0 bridgehead atoms. The molecule has 0 atom stereocenters. The number of anilines is 2. The van der Waals surface area contributed by atoms with Crippen molar-refractivity contribution < 1.29 is 28.5 Å². The molecule has 1 N–H and O–H groups in total. The summed E-state index contributed by atoms with van der Waals surface area (Å²) in [6, 6.07) is 17.2. The van der Waals surface area contributed by atoms with Gasteiger partial charge in [-0.15, -0.1) is 0 Å². The Morgan fingerprint density at radius 3 is 2.51 bits per heavy atom. The van der Waals surface area contributed by atoms with Crippen molar-refractivity contribution in [2.75, 3.05) is 71.5 Å². The summed E-state index contributed by atoms with van der Waals surface area (Å²) in [4.78, 5) is 40.4. The minimum absolute atomic E-state index is 0.151. The number of Topliss-reactive ketones (excluding diaryl/α,β-unsaturated/α-hetero) is 1. The predicted molar refractivity (Wildman–Crippen MR) is 203 cm³/mol. The van der Waals surface area contributed by atoms with E-state index >= 15 is 0 Å². The van der Waals surface area contributed by atoms with Gasteiger partial charge in [-0.1, -0.05) is 18.2 Å². The van der Waals surface area contributed by atoms with Gasteiger partial charge in [0.2, 0.25) is 0 Å². The van der Waals surface area contributed by atoms with Crippen molar-refractivity contribution in [1.29, 1.82) is 0 Å². The number of hydrogen-bond donors (Lipinski definition) is 1. The smallest absolute Gasteiger partial charge is 0.435 e. The fourth-order valence-electron chi connectivity index (χ4n) is 6.73. The van der Waals surface area contributed by atoms with E-state index in [-0.39, 0.29) is 5.78 Å². The van der Waals surface area contributed by atoms with E-state index in [1.165, 1.54) is 17.5 Å². The van der Waals surface area contributed by atoms with E-state index < -0.39 is 11.7 Å². The van der Waals surface area contributed by atoms with Gasteiger partial charge in [0, 0.05) is 54.1 Å². The summed E-state index contributed by atoms with van der Waals surface area (Å²) in [6.45, 7) is 12.2. The third kappa shape index (κ3) is 8.93. The number of likely N-dealkylation sites (tertiary alicyclic amines) is 1. The number of hydrogen-bond acceptors (Lipinski definition) is 12. The van der Waals surface area contributed by atoms with Crippen LogP contribution in [0.15, 0.2) is 60.8 Å². The van der Waals surface area contributed by atoms with Crippen molar-refractivity contribution in [2.24, 2.45) is 0 Å². The first-order valence-electron chi connectivity index (χ1n) is 18.3. The second-order valence-corrected chi connectivity index (χ2v) is 14.6. The third-order valence-electron chi connectivity index (χ3n) is 9.33. The van der Waals surface area contributed by atoms with Gasteiger partial charge in [0.05, 0.1) is 44.1 Å². The van der Waals surface area contributed by atoms with Crippen LogP contribution >= 0.6 is 0 Å². The van der Waals surface area contributed by atoms with Gasteiger partial charge < -0.3 is 24.3 Å². The Bertz CT molecular complexity index is 2100. The van der Waals surface area contributed by atoms with Crippen LogP contribution in [0.3, 0.4) is 0 Å². The predicted octanol–water partition coefficient (Wildman–Crippen LogP) is 6.10. The minimum atomic E-state index is -0.653. The number of fused-ring (bicyclic) bond motifs is 2. The molecule has 0 saturated carbocycles. The Morgan fingerprint density at radius 1 is 0.925 bits per heavy atom. The van der Waals surface area contributed by atoms with E-state index in [1.807, 2.05) is 75.4 Å². The van der Waals surface area contributed by atoms with Crippen molar-refractivity contribution >= 4 is 45.2 Å². The molecule has 2 aliphatic heterocycles. The van der Waals surface area contributed by atoms with Crippen LogP contribution in [0.4, 0.5) is 16.3 Å². The maximum absolute atomic E-state index is 13.0. The molecule has 13 heteroatoms. The number of aromatic nitrogens is 4. The van der Waals surface area contributed by atoms with Gasteiger partial charge >= 0.3 is 6.09 Å². The van der Waals surface area contributed by atoms with Crippen LogP contribution in [0.2, 0.25) is 0 Å². The first kappa shape index (κ1) is 36.3. The van der Waals surface area contributed by atoms with Crippen LogP contribution in [0, 0.1) is 0 Å². The van der Waals surface area contributed by atoms with Gasteiger partial charge in [0.15, 0.2) is 23.1 Å². The normalized spacial score (nSPS) is 15.5. The summed E-state index contributed by atoms with van der Waals surface area (Å²) < 4.78 is 24.3. The van der Waals surface area contributed by atoms with Crippen molar-refractivity contribution in [1.82, 2.24) is 29.5 Å². The molecule has 4 heterocycles. The maximum atomic E-state index is 13.0. The van der Waals surface area contributed by atoms with Gasteiger partial charge in [-0.05, 0) is 82.6 Å². The summed E-state index contributed by atoms with van der Waals surface area (Å²) in [5, 5.41) is 9.30. The Balaban J connectivity index is 1.21. The van der Waals surface area contributed by atoms with E-state index in [0.717, 1.165) is 60.3 Å². The molecule has 2 fully saturated rings. The fraction of sp³-hybridized carbons (Fsp3) is 0.425. The zero-order valence-corrected chi connectivity index (χ0v) is 30.9. The summed E-state index contributed by atoms with van der Waals surface area (Å²) in [6.07, 6.45) is 3.84. The van der Waals surface area contributed by atoms with Crippen LogP contribution in [-0.4, -0.2) is 113 Å². The molecule has 0 amide bonds. The monoisotopic (exact) mass is 721 g/mol. The van der Waals surface area contributed by atoms with Gasteiger partial charge in [-0.3, -0.25) is 14.6 Å². The number of rotatable bonds is 12. The van der Waals surface area contributed by atoms with Crippen molar-refractivity contribution in [3.8, 4) is 22.9 Å². The number of nitrogens with one attached hydrogen (secondary N) is 1. The molecule has 7 rings (SSSR count). The molecule has 3 aromatic carbocycles. The Hall–Kier alpha value is -5.11. The van der Waals surface area contributed by atoms with Gasteiger partial charge in [-0.25, -0.2) is 14.8 Å². The second kappa shape index (κ2) is 15.9. The number of ketones is 1. The van der Waals surface area contributed by atoms with Crippen LogP contribution in [0.1, 0.15) is 39.2 Å². The van der Waals surface area contributed by atoms with Crippen LogP contribution in [-0.2, 0) is 20.7 Å². The van der Waals surface area contributed by atoms with Crippen molar-refractivity contribution in [2.45, 2.75) is 45.6 Å². The van der Waals surface area contributed by atoms with Gasteiger partial charge in [0.25, 0.3) is 0 Å². The van der Waals surface area contributed by atoms with Crippen molar-refractivity contribution in [3.63, 3.8) is 0 Å². The average Bonchev–Trinajstić information content (AvgIpc) is 3.81. The minimum Gasteiger partial charge on any atom is -0.493 e. The highest BCUT2D eigenvalue weighted by Gasteiger charge is 2.22. The molecule has 13 nitrogen and oxygen atoms in total. The third-order valence-corrected chi connectivity index (χ3v) is 9.33. The lowest BCUT2D eigenvalue weighted by atomic mass is 10.0. The van der Waals surface area contributed by atoms with E-state index in [2.05, 4.69) is 20.2 Å². The van der Waals surface area contributed by atoms with E-state index in [4.69, 9.17) is 28.9 Å². The summed E-state index contributed by atoms with van der Waals surface area (Å²) in [5.41, 5.74) is 3.05. The number of carbonyl (C=O) groups excluding carboxylic acids is 2. The topological polar surface area (TPSA) is 133 Å². The number of ether oxygens (including phenoxy) is 4. The first-order chi connectivity index (χ1) is 25.6. The molecule has 0 unspecified atom stereocenters. The highest BCUT2D eigenvalue weighted by molar-refractivity contribution is 5.96. The summed E-state index contributed by atoms with van der Waals surface area (Å²) >= 11 is 0. The molecule has 0 aliphatic carbocycles. The summed E-state index contributed by atoms with van der Waals surface area (Å²) in [7, 11) is 1.62. The summed E-state index contributed by atoms with van der Waals surface area (Å²) in [5.74, 6) is 2.38. The zero-order chi connectivity index (χ0) is 37.0. The van der Waals surface area contributed by atoms with Gasteiger partial charge in [0.1, 0.15) is 18.0 Å². The molecular weight excluding hydrogens is 674 g/mol. The largest absolute Gasteiger partial charge is 0.493 e. The average molecular weight is 722 g/mol. The number of methoxy groups -OCH3 is 1. The lowest BCUT2D eigenvalue weighted by Crippen LogP contribution is -2.39. The number of benzene rings is 3. The molecule has 2 saturated heterocycles.